The van der Waals surface area contributed by atoms with Gasteiger partial charge in [0.2, 0.25) is 0 Å². The molecule has 70 valence electrons. The molecule has 0 aliphatic carbocycles. The highest BCUT2D eigenvalue weighted by Crippen LogP contribution is 1.88. The fourth-order valence-corrected chi connectivity index (χ4v) is 0.692. The van der Waals surface area contributed by atoms with Crippen molar-refractivity contribution in [2.75, 3.05) is 6.54 Å². The van der Waals surface area contributed by atoms with E-state index in [4.69, 9.17) is 5.11 Å². The molecule has 0 spiro atoms. The second-order valence-corrected chi connectivity index (χ2v) is 2.84. The molecule has 0 saturated heterocycles. The van der Waals surface area contributed by atoms with E-state index in [2.05, 4.69) is 10.3 Å². The molecule has 0 saturated carbocycles. The SMILES string of the molecule is C/C=C\N=CC(C)CNC(C)O. The smallest absolute Gasteiger partial charge is 0.102 e. The van der Waals surface area contributed by atoms with Crippen LogP contribution in [0.3, 0.4) is 0 Å². The van der Waals surface area contributed by atoms with Crippen molar-refractivity contribution in [3.05, 3.63) is 12.3 Å². The second-order valence-electron chi connectivity index (χ2n) is 2.84. The molecule has 0 fully saturated rings. The molecule has 3 nitrogen and oxygen atoms in total. The van der Waals surface area contributed by atoms with E-state index in [9.17, 15) is 0 Å². The van der Waals surface area contributed by atoms with Crippen molar-refractivity contribution in [2.24, 2.45) is 10.9 Å². The molecule has 0 amide bonds. The third-order valence-electron chi connectivity index (χ3n) is 1.31. The van der Waals surface area contributed by atoms with Crippen molar-refractivity contribution in [3.63, 3.8) is 0 Å². The summed E-state index contributed by atoms with van der Waals surface area (Å²) < 4.78 is 0. The van der Waals surface area contributed by atoms with Crippen LogP contribution in [0.2, 0.25) is 0 Å². The number of nitrogens with one attached hydrogen (secondary N) is 1. The number of aliphatic hydroxyl groups is 1. The predicted octanol–water partition coefficient (Wildman–Crippen LogP) is 1.15. The Morgan fingerprint density at radius 3 is 2.67 bits per heavy atom. The lowest BCUT2D eigenvalue weighted by molar-refractivity contribution is 0.155. The largest absolute Gasteiger partial charge is 0.379 e. The fraction of sp³-hybridized carbons (Fsp3) is 0.667. The molecule has 0 bridgehead atoms. The van der Waals surface area contributed by atoms with Gasteiger partial charge in [-0.15, -0.1) is 0 Å². The van der Waals surface area contributed by atoms with E-state index in [1.165, 1.54) is 0 Å². The molecule has 0 aromatic heterocycles. The molecule has 0 aromatic carbocycles. The first-order chi connectivity index (χ1) is 5.66. The summed E-state index contributed by atoms with van der Waals surface area (Å²) in [6.07, 6.45) is 5.04. The molecule has 0 rings (SSSR count). The van der Waals surface area contributed by atoms with E-state index in [0.717, 1.165) is 6.54 Å². The maximum absolute atomic E-state index is 8.90. The minimum atomic E-state index is -0.442. The van der Waals surface area contributed by atoms with Gasteiger partial charge in [-0.2, -0.15) is 0 Å². The Bertz CT molecular complexity index is 153. The summed E-state index contributed by atoms with van der Waals surface area (Å²) in [4.78, 5) is 4.04. The average Bonchev–Trinajstić information content (AvgIpc) is 2.01. The van der Waals surface area contributed by atoms with Crippen LogP contribution in [-0.2, 0) is 0 Å². The number of aliphatic imine (C=N–C) groups is 1. The standard InChI is InChI=1S/C9H18N2O/c1-4-5-10-6-8(2)7-11-9(3)12/h4-6,8-9,11-12H,7H2,1-3H3/b5-4-,10-6?. The lowest BCUT2D eigenvalue weighted by atomic mass is 10.2. The summed E-state index contributed by atoms with van der Waals surface area (Å²) in [5.74, 6) is 0.343. The van der Waals surface area contributed by atoms with E-state index >= 15 is 0 Å². The van der Waals surface area contributed by atoms with Crippen LogP contribution in [0.5, 0.6) is 0 Å². The van der Waals surface area contributed by atoms with Crippen molar-refractivity contribution >= 4 is 6.21 Å². The van der Waals surface area contributed by atoms with Gasteiger partial charge in [0.05, 0.1) is 0 Å². The van der Waals surface area contributed by atoms with E-state index in [1.54, 1.807) is 13.1 Å². The summed E-state index contributed by atoms with van der Waals surface area (Å²) in [6, 6.07) is 0. The van der Waals surface area contributed by atoms with Gasteiger partial charge in [0.25, 0.3) is 0 Å². The van der Waals surface area contributed by atoms with Gasteiger partial charge >= 0.3 is 0 Å². The molecule has 0 heterocycles. The monoisotopic (exact) mass is 170 g/mol. The second kappa shape index (κ2) is 7.00. The molecule has 0 aliphatic rings. The molecule has 2 N–H and O–H groups in total. The molecule has 12 heavy (non-hydrogen) atoms. The van der Waals surface area contributed by atoms with E-state index in [1.807, 2.05) is 26.1 Å². The normalized spacial score (nSPS) is 17.3. The molecule has 3 heteroatoms. The zero-order valence-electron chi connectivity index (χ0n) is 7.99. The van der Waals surface area contributed by atoms with E-state index in [0.29, 0.717) is 5.92 Å². The predicted molar refractivity (Wildman–Crippen MR) is 52.2 cm³/mol. The summed E-state index contributed by atoms with van der Waals surface area (Å²) >= 11 is 0. The van der Waals surface area contributed by atoms with Crippen LogP contribution in [-0.4, -0.2) is 24.1 Å². The van der Waals surface area contributed by atoms with Crippen LogP contribution in [0, 0.1) is 5.92 Å². The number of rotatable bonds is 5. The third-order valence-corrected chi connectivity index (χ3v) is 1.31. The number of nitrogens with zero attached hydrogens (tertiary/aromatic N) is 1. The summed E-state index contributed by atoms with van der Waals surface area (Å²) in [5, 5.41) is 11.8. The first-order valence-corrected chi connectivity index (χ1v) is 4.22. The van der Waals surface area contributed by atoms with Crippen molar-refractivity contribution in [3.8, 4) is 0 Å². The molecule has 0 aromatic rings. The van der Waals surface area contributed by atoms with Crippen molar-refractivity contribution in [1.29, 1.82) is 0 Å². The highest BCUT2D eigenvalue weighted by Gasteiger charge is 1.98. The molecular weight excluding hydrogens is 152 g/mol. The fourth-order valence-electron chi connectivity index (χ4n) is 0.692. The molecule has 2 atom stereocenters. The van der Waals surface area contributed by atoms with Gasteiger partial charge in [-0.05, 0) is 13.8 Å². The Morgan fingerprint density at radius 2 is 2.17 bits per heavy atom. The van der Waals surface area contributed by atoms with Crippen molar-refractivity contribution in [2.45, 2.75) is 27.0 Å². The quantitative estimate of drug-likeness (QED) is 0.480. The summed E-state index contributed by atoms with van der Waals surface area (Å²) in [5.41, 5.74) is 0. The van der Waals surface area contributed by atoms with Gasteiger partial charge in [0.1, 0.15) is 6.23 Å². The number of hydrogen-bond donors (Lipinski definition) is 2. The zero-order valence-corrected chi connectivity index (χ0v) is 7.99. The highest BCUT2D eigenvalue weighted by atomic mass is 16.3. The van der Waals surface area contributed by atoms with Gasteiger partial charge in [0, 0.05) is 24.9 Å². The van der Waals surface area contributed by atoms with Gasteiger partial charge in [0.15, 0.2) is 0 Å². The Kier molecular flexibility index (Phi) is 6.61. The zero-order chi connectivity index (χ0) is 9.40. The number of hydrogen-bond acceptors (Lipinski definition) is 3. The summed E-state index contributed by atoms with van der Waals surface area (Å²) in [6.45, 7) is 6.42. The Balaban J connectivity index is 3.51. The van der Waals surface area contributed by atoms with Gasteiger partial charge in [-0.25, -0.2) is 0 Å². The van der Waals surface area contributed by atoms with E-state index < -0.39 is 6.23 Å². The molecule has 0 aliphatic heterocycles. The van der Waals surface area contributed by atoms with Crippen LogP contribution < -0.4 is 5.32 Å². The van der Waals surface area contributed by atoms with Gasteiger partial charge < -0.3 is 5.11 Å². The number of allylic oxidation sites excluding steroid dienone is 1. The maximum atomic E-state index is 8.90. The van der Waals surface area contributed by atoms with Crippen LogP contribution in [0.15, 0.2) is 17.3 Å². The van der Waals surface area contributed by atoms with Crippen LogP contribution in [0.25, 0.3) is 0 Å². The molecular formula is C9H18N2O. The average molecular weight is 170 g/mol. The van der Waals surface area contributed by atoms with Gasteiger partial charge in [-0.1, -0.05) is 13.0 Å². The van der Waals surface area contributed by atoms with Crippen molar-refractivity contribution < 1.29 is 5.11 Å². The first kappa shape index (κ1) is 11.3. The lowest BCUT2D eigenvalue weighted by Crippen LogP contribution is -2.30. The summed E-state index contributed by atoms with van der Waals surface area (Å²) in [7, 11) is 0. The molecule has 0 radical (unpaired) electrons. The Labute approximate surface area is 74.2 Å². The maximum Gasteiger partial charge on any atom is 0.102 e. The van der Waals surface area contributed by atoms with Crippen molar-refractivity contribution in [1.82, 2.24) is 5.32 Å². The first-order valence-electron chi connectivity index (χ1n) is 4.22. The van der Waals surface area contributed by atoms with Crippen LogP contribution >= 0.6 is 0 Å². The highest BCUT2D eigenvalue weighted by molar-refractivity contribution is 5.61. The lowest BCUT2D eigenvalue weighted by Gasteiger charge is -2.09. The Hall–Kier alpha value is -0.670. The third kappa shape index (κ3) is 7.44. The minimum absolute atomic E-state index is 0.343. The minimum Gasteiger partial charge on any atom is -0.379 e. The van der Waals surface area contributed by atoms with Crippen LogP contribution in [0.1, 0.15) is 20.8 Å². The number of aliphatic hydroxyl groups excluding tert-OH is 1. The Morgan fingerprint density at radius 1 is 1.50 bits per heavy atom. The molecule has 2 unspecified atom stereocenters. The topological polar surface area (TPSA) is 44.6 Å². The van der Waals surface area contributed by atoms with Crippen LogP contribution in [0.4, 0.5) is 0 Å². The van der Waals surface area contributed by atoms with Gasteiger partial charge in [-0.3, -0.25) is 10.3 Å². The van der Waals surface area contributed by atoms with E-state index in [-0.39, 0.29) is 0 Å².